The summed E-state index contributed by atoms with van der Waals surface area (Å²) >= 11 is 0. The van der Waals surface area contributed by atoms with Crippen molar-refractivity contribution in [2.75, 3.05) is 26.7 Å². The van der Waals surface area contributed by atoms with Gasteiger partial charge in [-0.3, -0.25) is 10.1 Å². The van der Waals surface area contributed by atoms with Crippen LogP contribution in [0, 0.1) is 15.5 Å². The highest BCUT2D eigenvalue weighted by atomic mass is 35.5. The number of carbonyl (C=O) groups is 2. The minimum absolute atomic E-state index is 0. The van der Waals surface area contributed by atoms with Gasteiger partial charge in [0.15, 0.2) is 0 Å². The standard InChI is InChI=1S/C36H41N3O6.ClH/c1-24-31(34(40)41)33(28-17-12-18-29(21-28)39(43)44)32(25(2)37-24)35(42)45-23-36(3,4)22-38(5)20-19-30(26-13-8-6-9-14-26)27-15-10-7-11-16-27;/h6-18,21,30,33,37H,19-20,22-23H2,1-5H3,(H,40,41);1H. The van der Waals surface area contributed by atoms with Gasteiger partial charge < -0.3 is 20.1 Å². The predicted octanol–water partition coefficient (Wildman–Crippen LogP) is 7.06. The molecule has 244 valence electrons. The molecule has 9 nitrogen and oxygen atoms in total. The first-order valence-corrected chi connectivity index (χ1v) is 15.0. The molecule has 3 aromatic carbocycles. The SMILES string of the molecule is CC1=C(C(=O)O)C(c2cccc([N+](=O)[O-])c2)C(C(=O)OCC(C)(C)CN(C)CCC(c2ccccc2)c2ccccc2)=C(C)N1.Cl. The minimum atomic E-state index is -1.22. The summed E-state index contributed by atoms with van der Waals surface area (Å²) in [5.41, 5.74) is 3.12. The van der Waals surface area contributed by atoms with Crippen LogP contribution < -0.4 is 5.32 Å². The van der Waals surface area contributed by atoms with Crippen molar-refractivity contribution in [1.82, 2.24) is 10.2 Å². The van der Waals surface area contributed by atoms with Crippen molar-refractivity contribution >= 4 is 30.0 Å². The highest BCUT2D eigenvalue weighted by Crippen LogP contribution is 2.40. The van der Waals surface area contributed by atoms with Crippen LogP contribution in [0.1, 0.15) is 62.6 Å². The summed E-state index contributed by atoms with van der Waals surface area (Å²) in [6.07, 6.45) is 0.909. The van der Waals surface area contributed by atoms with E-state index in [1.165, 1.54) is 29.3 Å². The van der Waals surface area contributed by atoms with E-state index in [2.05, 4.69) is 65.8 Å². The lowest BCUT2D eigenvalue weighted by molar-refractivity contribution is -0.384. The molecule has 0 saturated carbocycles. The molecular weight excluding hydrogens is 606 g/mol. The topological polar surface area (TPSA) is 122 Å². The van der Waals surface area contributed by atoms with E-state index in [1.807, 2.05) is 26.0 Å². The van der Waals surface area contributed by atoms with Gasteiger partial charge in [-0.15, -0.1) is 12.4 Å². The van der Waals surface area contributed by atoms with E-state index in [-0.39, 0.29) is 41.8 Å². The molecule has 0 fully saturated rings. The maximum absolute atomic E-state index is 13.7. The predicted molar refractivity (Wildman–Crippen MR) is 181 cm³/mol. The average molecular weight is 648 g/mol. The number of hydrogen-bond acceptors (Lipinski definition) is 7. The van der Waals surface area contributed by atoms with Gasteiger partial charge in [-0.25, -0.2) is 9.59 Å². The Labute approximate surface area is 276 Å². The van der Waals surface area contributed by atoms with Crippen molar-refractivity contribution in [2.45, 2.75) is 46.0 Å². The fourth-order valence-corrected chi connectivity index (χ4v) is 6.14. The van der Waals surface area contributed by atoms with Crippen molar-refractivity contribution in [3.63, 3.8) is 0 Å². The van der Waals surface area contributed by atoms with Gasteiger partial charge >= 0.3 is 11.9 Å². The van der Waals surface area contributed by atoms with Crippen LogP contribution in [0.4, 0.5) is 5.69 Å². The van der Waals surface area contributed by atoms with Crippen molar-refractivity contribution < 1.29 is 24.4 Å². The Balaban J connectivity index is 0.00000576. The molecule has 46 heavy (non-hydrogen) atoms. The van der Waals surface area contributed by atoms with Gasteiger partial charge in [0.05, 0.1) is 28.6 Å². The number of nitro benzene ring substituents is 1. The lowest BCUT2D eigenvalue weighted by Gasteiger charge is -2.33. The second kappa shape index (κ2) is 15.7. The lowest BCUT2D eigenvalue weighted by Crippen LogP contribution is -2.37. The molecule has 0 aliphatic carbocycles. The maximum Gasteiger partial charge on any atom is 0.336 e. The van der Waals surface area contributed by atoms with Crippen LogP contribution in [0.2, 0.25) is 0 Å². The Kier molecular flexibility index (Phi) is 12.3. The zero-order valence-corrected chi connectivity index (χ0v) is 27.7. The number of halogens is 1. The van der Waals surface area contributed by atoms with Crippen LogP contribution in [0.5, 0.6) is 0 Å². The second-order valence-corrected chi connectivity index (χ2v) is 12.4. The molecule has 0 radical (unpaired) electrons. The minimum Gasteiger partial charge on any atom is -0.478 e. The molecule has 3 aromatic rings. The van der Waals surface area contributed by atoms with Crippen LogP contribution in [0.15, 0.2) is 107 Å². The first kappa shape index (κ1) is 36.0. The zero-order chi connectivity index (χ0) is 32.7. The molecule has 1 heterocycles. The Morgan fingerprint density at radius 1 is 0.957 bits per heavy atom. The number of esters is 1. The molecule has 0 spiro atoms. The molecular formula is C36H42ClN3O6. The van der Waals surface area contributed by atoms with Gasteiger partial charge in [0, 0.05) is 41.4 Å². The number of non-ortho nitro benzene ring substituents is 1. The van der Waals surface area contributed by atoms with Gasteiger partial charge in [-0.05, 0) is 50.6 Å². The summed E-state index contributed by atoms with van der Waals surface area (Å²) in [5.74, 6) is -2.67. The quantitative estimate of drug-likeness (QED) is 0.115. The van der Waals surface area contributed by atoms with Crippen molar-refractivity contribution in [2.24, 2.45) is 5.41 Å². The Bertz CT molecular complexity index is 1560. The van der Waals surface area contributed by atoms with Crippen molar-refractivity contribution in [3.8, 4) is 0 Å². The van der Waals surface area contributed by atoms with E-state index in [9.17, 15) is 24.8 Å². The molecule has 1 aliphatic rings. The third-order valence-corrected chi connectivity index (χ3v) is 8.12. The lowest BCUT2D eigenvalue weighted by atomic mass is 9.80. The number of dihydropyridines is 1. The highest BCUT2D eigenvalue weighted by Gasteiger charge is 2.38. The van der Waals surface area contributed by atoms with E-state index < -0.39 is 28.2 Å². The smallest absolute Gasteiger partial charge is 0.336 e. The number of allylic oxidation sites excluding steroid dienone is 2. The summed E-state index contributed by atoms with van der Waals surface area (Å²) in [6, 6.07) is 26.6. The molecule has 2 N–H and O–H groups in total. The van der Waals surface area contributed by atoms with Crippen molar-refractivity contribution in [1.29, 1.82) is 0 Å². The monoisotopic (exact) mass is 647 g/mol. The van der Waals surface area contributed by atoms with E-state index in [0.29, 0.717) is 23.5 Å². The van der Waals surface area contributed by atoms with Crippen LogP contribution >= 0.6 is 12.4 Å². The molecule has 4 rings (SSSR count). The fourth-order valence-electron chi connectivity index (χ4n) is 6.14. The Morgan fingerprint density at radius 2 is 1.52 bits per heavy atom. The maximum atomic E-state index is 13.7. The molecule has 0 aromatic heterocycles. The third kappa shape index (κ3) is 8.83. The number of carboxylic acid groups (broad SMARTS) is 1. The first-order valence-electron chi connectivity index (χ1n) is 15.0. The average Bonchev–Trinajstić information content (AvgIpc) is 3.00. The number of nitrogens with one attached hydrogen (secondary N) is 1. The largest absolute Gasteiger partial charge is 0.478 e. The summed E-state index contributed by atoms with van der Waals surface area (Å²) in [4.78, 5) is 39.2. The number of rotatable bonds is 13. The molecule has 1 aliphatic heterocycles. The highest BCUT2D eigenvalue weighted by molar-refractivity contribution is 5.99. The Morgan fingerprint density at radius 3 is 2.07 bits per heavy atom. The van der Waals surface area contributed by atoms with Gasteiger partial charge in [0.2, 0.25) is 0 Å². The summed E-state index contributed by atoms with van der Waals surface area (Å²) < 4.78 is 5.86. The number of ether oxygens (including phenoxy) is 1. The van der Waals surface area contributed by atoms with E-state index in [0.717, 1.165) is 13.0 Å². The molecule has 0 saturated heterocycles. The number of aliphatic carboxylic acids is 1. The zero-order valence-electron chi connectivity index (χ0n) is 26.9. The molecule has 10 heteroatoms. The van der Waals surface area contributed by atoms with Crippen molar-refractivity contribution in [3.05, 3.63) is 134 Å². The molecule has 0 amide bonds. The fraction of sp³-hybridized carbons (Fsp3) is 0.333. The summed E-state index contributed by atoms with van der Waals surface area (Å²) in [5, 5.41) is 24.6. The summed E-state index contributed by atoms with van der Waals surface area (Å²) in [7, 11) is 2.05. The van der Waals surface area contributed by atoms with Crippen LogP contribution in [0.25, 0.3) is 0 Å². The van der Waals surface area contributed by atoms with Gasteiger partial charge in [0.25, 0.3) is 5.69 Å². The van der Waals surface area contributed by atoms with Crippen LogP contribution in [-0.2, 0) is 14.3 Å². The second-order valence-electron chi connectivity index (χ2n) is 12.4. The number of nitro groups is 1. The first-order chi connectivity index (χ1) is 21.4. The van der Waals surface area contributed by atoms with Gasteiger partial charge in [-0.2, -0.15) is 0 Å². The molecule has 0 bridgehead atoms. The number of hydrogen-bond donors (Lipinski definition) is 2. The summed E-state index contributed by atoms with van der Waals surface area (Å²) in [6.45, 7) is 8.90. The third-order valence-electron chi connectivity index (χ3n) is 8.12. The normalized spacial score (nSPS) is 15.0. The molecule has 1 unspecified atom stereocenters. The van der Waals surface area contributed by atoms with Gasteiger partial charge in [0.1, 0.15) is 0 Å². The number of benzene rings is 3. The van der Waals surface area contributed by atoms with E-state index in [4.69, 9.17) is 4.74 Å². The van der Waals surface area contributed by atoms with Gasteiger partial charge in [-0.1, -0.05) is 86.6 Å². The van der Waals surface area contributed by atoms with E-state index >= 15 is 0 Å². The molecule has 1 atom stereocenters. The van der Waals surface area contributed by atoms with Crippen LogP contribution in [0.3, 0.4) is 0 Å². The number of carboxylic acids is 1. The Hall–Kier alpha value is -4.47. The van der Waals surface area contributed by atoms with Crippen LogP contribution in [-0.4, -0.2) is 53.6 Å². The number of carbonyl (C=O) groups excluding carboxylic acids is 1. The number of nitrogens with zero attached hydrogens (tertiary/aromatic N) is 2. The van der Waals surface area contributed by atoms with E-state index in [1.54, 1.807) is 19.9 Å².